The highest BCUT2D eigenvalue weighted by Gasteiger charge is 2.26. The molecular weight excluding hydrogens is 378 g/mol. The Bertz CT molecular complexity index is 1010. The van der Waals surface area contributed by atoms with Crippen LogP contribution in [0.2, 0.25) is 0 Å². The summed E-state index contributed by atoms with van der Waals surface area (Å²) in [5.74, 6) is -0.676. The highest BCUT2D eigenvalue weighted by molar-refractivity contribution is 7.18. The van der Waals surface area contributed by atoms with Gasteiger partial charge in [-0.25, -0.2) is 9.36 Å². The number of thiophene rings is 1. The van der Waals surface area contributed by atoms with Crippen molar-refractivity contribution in [3.63, 3.8) is 0 Å². The number of hydrogen-bond acceptors (Lipinski definition) is 5. The summed E-state index contributed by atoms with van der Waals surface area (Å²) < 4.78 is 2.56. The molecule has 0 saturated carbocycles. The van der Waals surface area contributed by atoms with Gasteiger partial charge in [-0.1, -0.05) is 13.3 Å². The van der Waals surface area contributed by atoms with Crippen LogP contribution < -0.4 is 11.2 Å². The van der Waals surface area contributed by atoms with Gasteiger partial charge in [0.2, 0.25) is 0 Å². The minimum atomic E-state index is -1.17. The van der Waals surface area contributed by atoms with Crippen molar-refractivity contribution in [2.75, 3.05) is 19.6 Å². The first kappa shape index (κ1) is 19.4. The number of carboxylic acid groups (broad SMARTS) is 1. The lowest BCUT2D eigenvalue weighted by Gasteiger charge is -2.26. The van der Waals surface area contributed by atoms with E-state index in [1.807, 2.05) is 0 Å². The Hall–Kier alpha value is -1.93. The molecule has 7 nitrogen and oxygen atoms in total. The maximum absolute atomic E-state index is 13.1. The second-order valence-electron chi connectivity index (χ2n) is 8.15. The van der Waals surface area contributed by atoms with E-state index in [1.165, 1.54) is 24.1 Å². The van der Waals surface area contributed by atoms with Crippen LogP contribution >= 0.6 is 11.3 Å². The Balaban J connectivity index is 1.83. The Labute approximate surface area is 167 Å². The summed E-state index contributed by atoms with van der Waals surface area (Å²) in [4.78, 5) is 41.7. The maximum atomic E-state index is 13.1. The summed E-state index contributed by atoms with van der Waals surface area (Å²) in [7, 11) is 0. The Kier molecular flexibility index (Phi) is 5.42. The van der Waals surface area contributed by atoms with Crippen LogP contribution in [0.25, 0.3) is 10.2 Å². The molecule has 2 aromatic rings. The standard InChI is InChI=1S/C20H27N3O4S/c1-13-5-6-15-14(11-13)17-18(26)23(12-16(24)25)20(27)22(19(17)28-15)10-9-21-7-3-2-4-8-21/h13H,2-12H2,1H3,(H,24,25). The van der Waals surface area contributed by atoms with Crippen LogP contribution in [0.4, 0.5) is 0 Å². The molecular formula is C20H27N3O4S. The van der Waals surface area contributed by atoms with Gasteiger partial charge in [0, 0.05) is 18.0 Å². The smallest absolute Gasteiger partial charge is 0.332 e. The summed E-state index contributed by atoms with van der Waals surface area (Å²) in [6, 6.07) is 0. The summed E-state index contributed by atoms with van der Waals surface area (Å²) >= 11 is 1.55. The molecule has 4 rings (SSSR count). The van der Waals surface area contributed by atoms with Crippen molar-refractivity contribution in [1.29, 1.82) is 0 Å². The number of aliphatic carboxylic acids is 1. The molecule has 2 aliphatic rings. The van der Waals surface area contributed by atoms with E-state index in [-0.39, 0.29) is 0 Å². The number of carboxylic acids is 1. The summed E-state index contributed by atoms with van der Waals surface area (Å²) in [6.45, 7) is 4.89. The fraction of sp³-hybridized carbons (Fsp3) is 0.650. The Morgan fingerprint density at radius 3 is 2.61 bits per heavy atom. The minimum Gasteiger partial charge on any atom is -0.480 e. The highest BCUT2D eigenvalue weighted by atomic mass is 32.1. The molecule has 0 aromatic carbocycles. The molecule has 3 heterocycles. The molecule has 28 heavy (non-hydrogen) atoms. The topological polar surface area (TPSA) is 84.5 Å². The average molecular weight is 406 g/mol. The SMILES string of the molecule is CC1CCc2sc3c(c2C1)c(=O)n(CC(=O)O)c(=O)n3CCN1CCCCC1. The highest BCUT2D eigenvalue weighted by Crippen LogP contribution is 2.36. The number of hydrogen-bond donors (Lipinski definition) is 1. The van der Waals surface area contributed by atoms with E-state index < -0.39 is 23.8 Å². The van der Waals surface area contributed by atoms with Gasteiger partial charge in [0.05, 0.1) is 5.39 Å². The van der Waals surface area contributed by atoms with Crippen molar-refractivity contribution in [2.45, 2.75) is 58.5 Å². The zero-order valence-electron chi connectivity index (χ0n) is 16.3. The second-order valence-corrected chi connectivity index (χ2v) is 9.24. The third kappa shape index (κ3) is 3.55. The lowest BCUT2D eigenvalue weighted by molar-refractivity contribution is -0.137. The molecule has 1 saturated heterocycles. The van der Waals surface area contributed by atoms with Gasteiger partial charge in [-0.3, -0.25) is 14.2 Å². The van der Waals surface area contributed by atoms with E-state index in [0.29, 0.717) is 17.8 Å². The number of likely N-dealkylation sites (tertiary alicyclic amines) is 1. The first-order chi connectivity index (χ1) is 13.5. The van der Waals surface area contributed by atoms with Gasteiger partial charge in [-0.2, -0.15) is 0 Å². The number of piperidine rings is 1. The van der Waals surface area contributed by atoms with Crippen LogP contribution in [0.1, 0.15) is 43.0 Å². The van der Waals surface area contributed by atoms with Crippen LogP contribution in [0, 0.1) is 5.92 Å². The number of fused-ring (bicyclic) bond motifs is 3. The molecule has 1 aliphatic heterocycles. The molecule has 2 aromatic heterocycles. The van der Waals surface area contributed by atoms with Crippen molar-refractivity contribution in [1.82, 2.24) is 14.0 Å². The van der Waals surface area contributed by atoms with Gasteiger partial charge in [-0.05, 0) is 56.7 Å². The van der Waals surface area contributed by atoms with E-state index in [9.17, 15) is 19.5 Å². The van der Waals surface area contributed by atoms with E-state index in [0.717, 1.165) is 53.9 Å². The van der Waals surface area contributed by atoms with E-state index >= 15 is 0 Å². The normalized spacial score (nSPS) is 20.4. The van der Waals surface area contributed by atoms with E-state index in [4.69, 9.17) is 0 Å². The average Bonchev–Trinajstić information content (AvgIpc) is 3.04. The Morgan fingerprint density at radius 2 is 1.89 bits per heavy atom. The number of carbonyl (C=O) groups is 1. The van der Waals surface area contributed by atoms with Crippen molar-refractivity contribution < 1.29 is 9.90 Å². The zero-order valence-corrected chi connectivity index (χ0v) is 17.1. The summed E-state index contributed by atoms with van der Waals surface area (Å²) in [5.41, 5.74) is 0.0985. The largest absolute Gasteiger partial charge is 0.480 e. The quantitative estimate of drug-likeness (QED) is 0.822. The van der Waals surface area contributed by atoms with Gasteiger partial charge in [0.1, 0.15) is 11.4 Å². The third-order valence-electron chi connectivity index (χ3n) is 6.04. The fourth-order valence-electron chi connectivity index (χ4n) is 4.50. The molecule has 1 fully saturated rings. The summed E-state index contributed by atoms with van der Waals surface area (Å²) in [6.07, 6.45) is 6.43. The van der Waals surface area contributed by atoms with Crippen LogP contribution in [-0.4, -0.2) is 44.7 Å². The van der Waals surface area contributed by atoms with Crippen LogP contribution in [-0.2, 0) is 30.7 Å². The maximum Gasteiger partial charge on any atom is 0.332 e. The van der Waals surface area contributed by atoms with Crippen molar-refractivity contribution in [3.05, 3.63) is 31.3 Å². The number of aryl methyl sites for hydroxylation is 1. The van der Waals surface area contributed by atoms with Crippen LogP contribution in [0.3, 0.4) is 0 Å². The number of nitrogens with zero attached hydrogens (tertiary/aromatic N) is 3. The van der Waals surface area contributed by atoms with Crippen LogP contribution in [0.5, 0.6) is 0 Å². The van der Waals surface area contributed by atoms with Gasteiger partial charge in [-0.15, -0.1) is 11.3 Å². The van der Waals surface area contributed by atoms with E-state index in [2.05, 4.69) is 11.8 Å². The predicted octanol–water partition coefficient (Wildman–Crippen LogP) is 1.92. The second kappa shape index (κ2) is 7.83. The van der Waals surface area contributed by atoms with Gasteiger partial charge in [0.25, 0.3) is 5.56 Å². The third-order valence-corrected chi connectivity index (χ3v) is 7.35. The monoisotopic (exact) mass is 405 g/mol. The number of rotatable bonds is 5. The molecule has 1 atom stereocenters. The van der Waals surface area contributed by atoms with E-state index in [1.54, 1.807) is 15.9 Å². The predicted molar refractivity (Wildman–Crippen MR) is 109 cm³/mol. The van der Waals surface area contributed by atoms with Crippen molar-refractivity contribution in [3.8, 4) is 0 Å². The first-order valence-corrected chi connectivity index (χ1v) is 11.0. The molecule has 8 heteroatoms. The van der Waals surface area contributed by atoms with Crippen molar-refractivity contribution in [2.24, 2.45) is 5.92 Å². The molecule has 0 bridgehead atoms. The molecule has 1 aliphatic carbocycles. The minimum absolute atomic E-state index is 0.441. The molecule has 1 N–H and O–H groups in total. The first-order valence-electron chi connectivity index (χ1n) is 10.2. The van der Waals surface area contributed by atoms with Gasteiger partial charge < -0.3 is 10.0 Å². The summed E-state index contributed by atoms with van der Waals surface area (Å²) in [5, 5.41) is 9.81. The molecule has 0 amide bonds. The number of aromatic nitrogens is 2. The lowest BCUT2D eigenvalue weighted by atomic mass is 9.89. The van der Waals surface area contributed by atoms with Gasteiger partial charge >= 0.3 is 11.7 Å². The fourth-order valence-corrected chi connectivity index (χ4v) is 5.86. The Morgan fingerprint density at radius 1 is 1.14 bits per heavy atom. The molecule has 0 spiro atoms. The zero-order chi connectivity index (χ0) is 19.8. The lowest BCUT2D eigenvalue weighted by Crippen LogP contribution is -2.43. The van der Waals surface area contributed by atoms with Crippen molar-refractivity contribution >= 4 is 27.5 Å². The van der Waals surface area contributed by atoms with Crippen LogP contribution in [0.15, 0.2) is 9.59 Å². The molecule has 0 radical (unpaired) electrons. The van der Waals surface area contributed by atoms with Gasteiger partial charge in [0.15, 0.2) is 0 Å². The molecule has 152 valence electrons. The molecule has 1 unspecified atom stereocenters.